The maximum absolute atomic E-state index is 12.5. The van der Waals surface area contributed by atoms with Crippen molar-refractivity contribution in [2.75, 3.05) is 0 Å². The number of pyridine rings is 1. The second kappa shape index (κ2) is 4.40. The Morgan fingerprint density at radius 2 is 2.00 bits per heavy atom. The first kappa shape index (κ1) is 13.3. The van der Waals surface area contributed by atoms with E-state index in [4.69, 9.17) is 0 Å². The number of nitrogens with zero attached hydrogens (tertiary/aromatic N) is 4. The van der Waals surface area contributed by atoms with Crippen LogP contribution in [-0.2, 0) is 13.2 Å². The van der Waals surface area contributed by atoms with Gasteiger partial charge in [0.25, 0.3) is 5.56 Å². The average Bonchev–Trinajstić information content (AvgIpc) is 2.80. The van der Waals surface area contributed by atoms with Crippen molar-refractivity contribution in [3.8, 4) is 11.5 Å². The molecule has 1 N–H and O–H groups in total. The lowest BCUT2D eigenvalue weighted by Gasteiger charge is -2.06. The Morgan fingerprint density at radius 3 is 2.62 bits per heavy atom. The zero-order valence-corrected chi connectivity index (χ0v) is 10.6. The van der Waals surface area contributed by atoms with Crippen molar-refractivity contribution >= 4 is 11.0 Å². The molecule has 0 fully saturated rings. The smallest absolute Gasteiger partial charge is 0.305 e. The number of aromatic amines is 1. The Balaban J connectivity index is 2.12. The van der Waals surface area contributed by atoms with Gasteiger partial charge in [-0.05, 0) is 12.1 Å². The summed E-state index contributed by atoms with van der Waals surface area (Å²) in [6, 6.07) is 2.04. The molecule has 21 heavy (non-hydrogen) atoms. The van der Waals surface area contributed by atoms with E-state index in [0.29, 0.717) is 17.2 Å². The van der Waals surface area contributed by atoms with Gasteiger partial charge >= 0.3 is 6.18 Å². The van der Waals surface area contributed by atoms with Gasteiger partial charge in [-0.2, -0.15) is 18.3 Å². The van der Waals surface area contributed by atoms with Crippen LogP contribution in [0.5, 0.6) is 0 Å². The van der Waals surface area contributed by atoms with Gasteiger partial charge in [0, 0.05) is 13.2 Å². The summed E-state index contributed by atoms with van der Waals surface area (Å²) in [5.74, 6) is 0.0878. The first-order valence-corrected chi connectivity index (χ1v) is 5.82. The van der Waals surface area contributed by atoms with Crippen LogP contribution in [0.3, 0.4) is 0 Å². The number of aromatic nitrogens is 5. The zero-order valence-electron chi connectivity index (χ0n) is 10.6. The zero-order chi connectivity index (χ0) is 15.2. The van der Waals surface area contributed by atoms with Gasteiger partial charge in [-0.1, -0.05) is 0 Å². The number of nitrogens with one attached hydrogen (secondary N) is 1. The molecular formula is C12H8F3N5O. The summed E-state index contributed by atoms with van der Waals surface area (Å²) < 4.78 is 38.8. The third-order valence-corrected chi connectivity index (χ3v) is 2.94. The largest absolute Gasteiger partial charge is 0.417 e. The molecule has 0 radical (unpaired) electrons. The average molecular weight is 295 g/mol. The van der Waals surface area contributed by atoms with Crippen LogP contribution in [0.15, 0.2) is 29.3 Å². The van der Waals surface area contributed by atoms with Crippen molar-refractivity contribution in [2.45, 2.75) is 6.18 Å². The molecule has 0 saturated heterocycles. The molecular weight excluding hydrogens is 287 g/mol. The van der Waals surface area contributed by atoms with Crippen LogP contribution in [-0.4, -0.2) is 24.7 Å². The van der Waals surface area contributed by atoms with Crippen LogP contribution >= 0.6 is 0 Å². The molecule has 3 heterocycles. The van der Waals surface area contributed by atoms with Gasteiger partial charge in [-0.3, -0.25) is 14.5 Å². The normalized spacial score (nSPS) is 12.0. The van der Waals surface area contributed by atoms with Crippen molar-refractivity contribution in [1.29, 1.82) is 0 Å². The molecule has 0 aliphatic heterocycles. The molecule has 0 aromatic carbocycles. The van der Waals surface area contributed by atoms with Crippen molar-refractivity contribution in [3.05, 3.63) is 40.4 Å². The molecule has 0 bridgehead atoms. The fourth-order valence-corrected chi connectivity index (χ4v) is 1.86. The Morgan fingerprint density at radius 1 is 1.24 bits per heavy atom. The maximum atomic E-state index is 12.5. The van der Waals surface area contributed by atoms with Gasteiger partial charge in [0.1, 0.15) is 11.1 Å². The number of H-pyrrole nitrogens is 1. The third-order valence-electron chi connectivity index (χ3n) is 2.94. The van der Waals surface area contributed by atoms with Gasteiger partial charge in [-0.15, -0.1) is 0 Å². The number of aryl methyl sites for hydroxylation is 1. The van der Waals surface area contributed by atoms with Gasteiger partial charge < -0.3 is 4.98 Å². The van der Waals surface area contributed by atoms with E-state index in [1.165, 1.54) is 10.9 Å². The van der Waals surface area contributed by atoms with E-state index >= 15 is 0 Å². The van der Waals surface area contributed by atoms with Gasteiger partial charge in [0.2, 0.25) is 0 Å². The minimum Gasteiger partial charge on any atom is -0.305 e. The van der Waals surface area contributed by atoms with Crippen LogP contribution in [0.1, 0.15) is 5.56 Å². The van der Waals surface area contributed by atoms with E-state index in [1.807, 2.05) is 0 Å². The summed E-state index contributed by atoms with van der Waals surface area (Å²) in [6.07, 6.45) is -2.40. The number of halogens is 3. The van der Waals surface area contributed by atoms with Crippen LogP contribution in [0.2, 0.25) is 0 Å². The lowest BCUT2D eigenvalue weighted by atomic mass is 10.2. The molecule has 0 spiro atoms. The Labute approximate surface area is 115 Å². The minimum absolute atomic E-state index is 0.0878. The molecule has 3 aromatic heterocycles. The number of hydrogen-bond donors (Lipinski definition) is 1. The lowest BCUT2D eigenvalue weighted by Crippen LogP contribution is -2.11. The van der Waals surface area contributed by atoms with E-state index < -0.39 is 17.3 Å². The van der Waals surface area contributed by atoms with E-state index in [-0.39, 0.29) is 11.5 Å². The molecule has 3 aromatic rings. The summed E-state index contributed by atoms with van der Waals surface area (Å²) in [6.45, 7) is 0. The molecule has 3 rings (SSSR count). The molecule has 0 unspecified atom stereocenters. The van der Waals surface area contributed by atoms with Gasteiger partial charge in [-0.25, -0.2) is 4.98 Å². The topological polar surface area (TPSA) is 76.5 Å². The van der Waals surface area contributed by atoms with E-state index in [1.54, 1.807) is 7.05 Å². The van der Waals surface area contributed by atoms with Crippen LogP contribution < -0.4 is 5.56 Å². The summed E-state index contributed by atoms with van der Waals surface area (Å²) in [5.41, 5.74) is -0.821. The number of alkyl halides is 3. The number of hydrogen-bond acceptors (Lipinski definition) is 4. The molecule has 0 atom stereocenters. The monoisotopic (exact) mass is 295 g/mol. The van der Waals surface area contributed by atoms with Crippen molar-refractivity contribution in [3.63, 3.8) is 0 Å². The van der Waals surface area contributed by atoms with Crippen LogP contribution in [0.25, 0.3) is 22.6 Å². The second-order valence-electron chi connectivity index (χ2n) is 4.35. The van der Waals surface area contributed by atoms with Crippen LogP contribution in [0.4, 0.5) is 13.2 Å². The molecule has 0 saturated carbocycles. The highest BCUT2D eigenvalue weighted by atomic mass is 19.4. The molecule has 9 heteroatoms. The van der Waals surface area contributed by atoms with Crippen LogP contribution in [0, 0.1) is 0 Å². The lowest BCUT2D eigenvalue weighted by molar-refractivity contribution is -0.137. The molecule has 0 aliphatic rings. The summed E-state index contributed by atoms with van der Waals surface area (Å²) in [5, 5.41) is 4.20. The van der Waals surface area contributed by atoms with Crippen molar-refractivity contribution in [1.82, 2.24) is 24.7 Å². The second-order valence-corrected chi connectivity index (χ2v) is 4.35. The van der Waals surface area contributed by atoms with Gasteiger partial charge in [0.15, 0.2) is 11.5 Å². The molecule has 6 nitrogen and oxygen atoms in total. The fourth-order valence-electron chi connectivity index (χ4n) is 1.86. The van der Waals surface area contributed by atoms with Crippen molar-refractivity contribution < 1.29 is 13.2 Å². The third kappa shape index (κ3) is 2.26. The van der Waals surface area contributed by atoms with Crippen molar-refractivity contribution in [2.24, 2.45) is 7.05 Å². The number of rotatable bonds is 1. The highest BCUT2D eigenvalue weighted by Crippen LogP contribution is 2.29. The minimum atomic E-state index is -4.46. The Bertz CT molecular complexity index is 863. The van der Waals surface area contributed by atoms with E-state index in [9.17, 15) is 18.0 Å². The summed E-state index contributed by atoms with van der Waals surface area (Å²) >= 11 is 0. The van der Waals surface area contributed by atoms with E-state index in [2.05, 4.69) is 20.1 Å². The standard InChI is InChI=1S/C12H8F3N5O/c1-20-10-7(5-17-20)11(21)19-9(18-10)8-3-2-6(4-16-8)12(13,14)15/h2-5H,1H3,(H,18,19,21). The number of fused-ring (bicyclic) bond motifs is 1. The summed E-state index contributed by atoms with van der Waals surface area (Å²) in [7, 11) is 1.61. The predicted molar refractivity (Wildman–Crippen MR) is 67.4 cm³/mol. The quantitative estimate of drug-likeness (QED) is 0.742. The predicted octanol–water partition coefficient (Wildman–Crippen LogP) is 1.74. The van der Waals surface area contributed by atoms with Gasteiger partial charge in [0.05, 0.1) is 11.8 Å². The molecule has 108 valence electrons. The maximum Gasteiger partial charge on any atom is 0.417 e. The highest BCUT2D eigenvalue weighted by molar-refractivity contribution is 5.75. The highest BCUT2D eigenvalue weighted by Gasteiger charge is 2.30. The summed E-state index contributed by atoms with van der Waals surface area (Å²) in [4.78, 5) is 22.2. The SMILES string of the molecule is Cn1ncc2c(=O)[nH]c(-c3ccc(C(F)(F)F)cn3)nc21. The first-order valence-electron chi connectivity index (χ1n) is 5.82. The first-order chi connectivity index (χ1) is 9.86. The molecule has 0 aliphatic carbocycles. The Kier molecular flexibility index (Phi) is 2.78. The van der Waals surface area contributed by atoms with E-state index in [0.717, 1.165) is 12.1 Å². The molecule has 0 amide bonds. The Hall–Kier alpha value is -2.71. The fraction of sp³-hybridized carbons (Fsp3) is 0.167.